The molecule has 116 valence electrons. The summed E-state index contributed by atoms with van der Waals surface area (Å²) >= 11 is 0. The van der Waals surface area contributed by atoms with E-state index in [1.165, 1.54) is 10.9 Å². The lowest BCUT2D eigenvalue weighted by Crippen LogP contribution is -2.06. The number of fused-ring (bicyclic) bond motifs is 3. The molecule has 0 aliphatic rings. The zero-order valence-corrected chi connectivity index (χ0v) is 11.9. The van der Waals surface area contributed by atoms with Gasteiger partial charge in [-0.3, -0.25) is 9.78 Å². The number of H-pyrrole nitrogens is 1. The molecule has 4 aromatic rings. The van der Waals surface area contributed by atoms with Gasteiger partial charge in [0.25, 0.3) is 6.43 Å². The van der Waals surface area contributed by atoms with Crippen LogP contribution >= 0.6 is 0 Å². The Bertz CT molecular complexity index is 990. The average molecular weight is 314 g/mol. The van der Waals surface area contributed by atoms with Gasteiger partial charge in [0.2, 0.25) is 0 Å². The molecule has 0 amide bonds. The number of nitrogens with zero attached hydrogens (tertiary/aromatic N) is 4. The summed E-state index contributed by atoms with van der Waals surface area (Å²) in [5, 5.41) is 12.4. The van der Waals surface area contributed by atoms with Gasteiger partial charge >= 0.3 is 0 Å². The first-order valence-electron chi connectivity index (χ1n) is 6.96. The summed E-state index contributed by atoms with van der Waals surface area (Å²) in [7, 11) is 0. The summed E-state index contributed by atoms with van der Waals surface area (Å²) in [6.07, 6.45) is 0.694. The second-order valence-electron chi connectivity index (χ2n) is 5.20. The second kappa shape index (κ2) is 5.01. The summed E-state index contributed by atoms with van der Waals surface area (Å²) in [6.45, 7) is -0.470. The van der Waals surface area contributed by atoms with Gasteiger partial charge in [-0.25, -0.2) is 13.8 Å². The van der Waals surface area contributed by atoms with Crippen molar-refractivity contribution in [2.24, 2.45) is 0 Å². The van der Waals surface area contributed by atoms with E-state index in [1.807, 2.05) is 24.3 Å². The van der Waals surface area contributed by atoms with E-state index in [0.717, 1.165) is 16.6 Å². The summed E-state index contributed by atoms with van der Waals surface area (Å²) in [4.78, 5) is 4.37. The van der Waals surface area contributed by atoms with Gasteiger partial charge < -0.3 is 5.73 Å². The van der Waals surface area contributed by atoms with Gasteiger partial charge in [0, 0.05) is 23.3 Å². The lowest BCUT2D eigenvalue weighted by Gasteiger charge is -2.03. The van der Waals surface area contributed by atoms with E-state index in [1.54, 1.807) is 6.20 Å². The lowest BCUT2D eigenvalue weighted by molar-refractivity contribution is 0.122. The molecule has 3 N–H and O–H groups in total. The van der Waals surface area contributed by atoms with Crippen LogP contribution in [0, 0.1) is 0 Å². The van der Waals surface area contributed by atoms with E-state index >= 15 is 0 Å². The quantitative estimate of drug-likeness (QED) is 0.609. The van der Waals surface area contributed by atoms with Gasteiger partial charge in [-0.2, -0.15) is 10.2 Å². The molecule has 0 aliphatic heterocycles. The standard InChI is InChI=1S/C15H12F2N6/c16-13(17)7-23-6-10-14(22-23)9-2-1-8(11-3-4-19-21-11)5-12(9)20-15(10)18/h1-6,13H,7H2,(H2,18,20)(H,19,21). The Morgan fingerprint density at radius 2 is 2.09 bits per heavy atom. The van der Waals surface area contributed by atoms with Crippen LogP contribution in [-0.4, -0.2) is 31.4 Å². The maximum atomic E-state index is 12.6. The molecule has 0 aliphatic carbocycles. The molecule has 0 saturated heterocycles. The third-order valence-corrected chi connectivity index (χ3v) is 3.67. The molecule has 3 heterocycles. The van der Waals surface area contributed by atoms with Crippen LogP contribution in [0.3, 0.4) is 0 Å². The van der Waals surface area contributed by atoms with E-state index in [4.69, 9.17) is 5.73 Å². The third kappa shape index (κ3) is 2.28. The van der Waals surface area contributed by atoms with Crippen LogP contribution in [0.5, 0.6) is 0 Å². The molecular weight excluding hydrogens is 302 g/mol. The molecule has 0 spiro atoms. The molecule has 23 heavy (non-hydrogen) atoms. The predicted octanol–water partition coefficient (Wildman–Crippen LogP) is 2.82. The van der Waals surface area contributed by atoms with Crippen LogP contribution in [0.1, 0.15) is 0 Å². The fourth-order valence-electron chi connectivity index (χ4n) is 2.64. The van der Waals surface area contributed by atoms with Crippen molar-refractivity contribution < 1.29 is 8.78 Å². The van der Waals surface area contributed by atoms with Gasteiger partial charge in [0.05, 0.1) is 16.6 Å². The maximum absolute atomic E-state index is 12.6. The highest BCUT2D eigenvalue weighted by Crippen LogP contribution is 2.29. The second-order valence-corrected chi connectivity index (χ2v) is 5.20. The predicted molar refractivity (Wildman–Crippen MR) is 83.0 cm³/mol. The number of benzene rings is 1. The van der Waals surface area contributed by atoms with Gasteiger partial charge in [-0.15, -0.1) is 0 Å². The van der Waals surface area contributed by atoms with E-state index in [-0.39, 0.29) is 5.82 Å². The van der Waals surface area contributed by atoms with Crippen molar-refractivity contribution in [3.8, 4) is 11.3 Å². The van der Waals surface area contributed by atoms with E-state index in [0.29, 0.717) is 16.4 Å². The highest BCUT2D eigenvalue weighted by atomic mass is 19.3. The number of nitrogen functional groups attached to an aromatic ring is 1. The van der Waals surface area contributed by atoms with Crippen LogP contribution in [0.25, 0.3) is 33.1 Å². The first-order chi connectivity index (χ1) is 11.1. The molecule has 4 rings (SSSR count). The molecule has 0 bridgehead atoms. The largest absolute Gasteiger partial charge is 0.383 e. The van der Waals surface area contributed by atoms with Gasteiger partial charge in [0.15, 0.2) is 0 Å². The van der Waals surface area contributed by atoms with E-state index < -0.39 is 13.0 Å². The monoisotopic (exact) mass is 314 g/mol. The Balaban J connectivity index is 1.92. The van der Waals surface area contributed by atoms with Crippen LogP contribution in [0.2, 0.25) is 0 Å². The number of nitrogens with one attached hydrogen (secondary N) is 1. The average Bonchev–Trinajstić information content (AvgIpc) is 3.15. The van der Waals surface area contributed by atoms with Crippen molar-refractivity contribution in [2.75, 3.05) is 5.73 Å². The van der Waals surface area contributed by atoms with E-state index in [9.17, 15) is 8.78 Å². The van der Waals surface area contributed by atoms with Crippen molar-refractivity contribution >= 4 is 27.6 Å². The minimum absolute atomic E-state index is 0.273. The van der Waals surface area contributed by atoms with Crippen LogP contribution < -0.4 is 5.73 Å². The van der Waals surface area contributed by atoms with Crippen molar-refractivity contribution in [1.82, 2.24) is 25.0 Å². The minimum Gasteiger partial charge on any atom is -0.383 e. The molecule has 0 saturated carbocycles. The number of nitrogens with two attached hydrogens (primary N) is 1. The number of aromatic amines is 1. The van der Waals surface area contributed by atoms with Crippen LogP contribution in [0.4, 0.5) is 14.6 Å². The Hall–Kier alpha value is -3.03. The number of rotatable bonds is 3. The van der Waals surface area contributed by atoms with Crippen molar-refractivity contribution in [1.29, 1.82) is 0 Å². The number of anilines is 1. The maximum Gasteiger partial charge on any atom is 0.257 e. The Morgan fingerprint density at radius 3 is 2.83 bits per heavy atom. The molecule has 8 heteroatoms. The molecular formula is C15H12F2N6. The molecule has 1 aromatic carbocycles. The fraction of sp³-hybridized carbons (Fsp3) is 0.133. The first-order valence-corrected chi connectivity index (χ1v) is 6.96. The van der Waals surface area contributed by atoms with E-state index in [2.05, 4.69) is 20.3 Å². The van der Waals surface area contributed by atoms with Gasteiger partial charge in [0.1, 0.15) is 17.9 Å². The van der Waals surface area contributed by atoms with Crippen molar-refractivity contribution in [3.05, 3.63) is 36.7 Å². The number of alkyl halides is 2. The number of halogens is 2. The Morgan fingerprint density at radius 1 is 1.22 bits per heavy atom. The zero-order valence-electron chi connectivity index (χ0n) is 11.9. The van der Waals surface area contributed by atoms with Crippen molar-refractivity contribution in [2.45, 2.75) is 13.0 Å². The number of pyridine rings is 1. The van der Waals surface area contributed by atoms with Crippen LogP contribution in [0.15, 0.2) is 36.7 Å². The molecule has 0 radical (unpaired) electrons. The van der Waals surface area contributed by atoms with Gasteiger partial charge in [-0.05, 0) is 18.2 Å². The smallest absolute Gasteiger partial charge is 0.257 e. The first kappa shape index (κ1) is 13.6. The topological polar surface area (TPSA) is 85.4 Å². The van der Waals surface area contributed by atoms with Crippen molar-refractivity contribution in [3.63, 3.8) is 0 Å². The molecule has 0 fully saturated rings. The van der Waals surface area contributed by atoms with Gasteiger partial charge in [-0.1, -0.05) is 6.07 Å². The SMILES string of the molecule is Nc1nc2cc(-c3ccn[nH]3)ccc2c2nn(CC(F)F)cc12. The highest BCUT2D eigenvalue weighted by molar-refractivity contribution is 6.08. The summed E-state index contributed by atoms with van der Waals surface area (Å²) in [5.74, 6) is 0.273. The summed E-state index contributed by atoms with van der Waals surface area (Å²) in [6, 6.07) is 7.48. The Kier molecular flexibility index (Phi) is 2.97. The number of hydrogen-bond donors (Lipinski definition) is 2. The summed E-state index contributed by atoms with van der Waals surface area (Å²) < 4.78 is 26.3. The third-order valence-electron chi connectivity index (χ3n) is 3.67. The highest BCUT2D eigenvalue weighted by Gasteiger charge is 2.13. The number of aromatic nitrogens is 5. The van der Waals surface area contributed by atoms with Crippen LogP contribution in [-0.2, 0) is 6.54 Å². The zero-order chi connectivity index (χ0) is 16.0. The summed E-state index contributed by atoms with van der Waals surface area (Å²) in [5.41, 5.74) is 8.96. The molecule has 0 atom stereocenters. The normalized spacial score (nSPS) is 11.8. The molecule has 6 nitrogen and oxygen atoms in total. The number of hydrogen-bond acceptors (Lipinski definition) is 4. The fourth-order valence-corrected chi connectivity index (χ4v) is 2.64. The minimum atomic E-state index is -2.48. The lowest BCUT2D eigenvalue weighted by atomic mass is 10.1. The molecule has 3 aromatic heterocycles. The Labute approximate surface area is 128 Å². The molecule has 0 unspecified atom stereocenters.